The summed E-state index contributed by atoms with van der Waals surface area (Å²) in [7, 11) is 4.61. The number of amides is 5. The highest BCUT2D eigenvalue weighted by atomic mass is 16.5. The van der Waals surface area contributed by atoms with Gasteiger partial charge in [0.05, 0.1) is 18.6 Å². The molecule has 1 unspecified atom stereocenters. The first-order chi connectivity index (χ1) is 20.1. The second kappa shape index (κ2) is 17.7. The standard InChI is InChI=1S/C31H52N4O8/c1-10-21(6)29(22(43-9)18-26(39)40)34(8)31(42)27(19(2)3)32-30(41)28(20(4)5)33(7)23(36)14-12-11-13-17-35-24(37)15-16-25(35)38/h15-16,19-22,27-29H,10-14,17-18H2,1-9H3,(H,32,41)(H,39,40)/t21-,22+,27-,28?,29-/m0/s1. The number of carboxylic acids is 1. The molecule has 0 aromatic rings. The van der Waals surface area contributed by atoms with Crippen LogP contribution in [-0.2, 0) is 33.5 Å². The van der Waals surface area contributed by atoms with Crippen LogP contribution in [0.2, 0.25) is 0 Å². The summed E-state index contributed by atoms with van der Waals surface area (Å²) in [6.07, 6.45) is 4.11. The molecule has 1 aliphatic heterocycles. The average molecular weight is 609 g/mol. The van der Waals surface area contributed by atoms with Crippen molar-refractivity contribution in [1.82, 2.24) is 20.0 Å². The van der Waals surface area contributed by atoms with Crippen LogP contribution in [0.3, 0.4) is 0 Å². The van der Waals surface area contributed by atoms with Gasteiger partial charge < -0.3 is 25.0 Å². The van der Waals surface area contributed by atoms with Crippen LogP contribution in [0.15, 0.2) is 12.2 Å². The molecule has 0 radical (unpaired) electrons. The van der Waals surface area contributed by atoms with E-state index in [0.29, 0.717) is 32.2 Å². The Hall–Kier alpha value is -3.28. The fraction of sp³-hybridized carbons (Fsp3) is 0.742. The molecule has 0 spiro atoms. The van der Waals surface area contributed by atoms with Crippen LogP contribution in [0.4, 0.5) is 0 Å². The van der Waals surface area contributed by atoms with Gasteiger partial charge in [-0.2, -0.15) is 0 Å². The Morgan fingerprint density at radius 1 is 0.930 bits per heavy atom. The van der Waals surface area contributed by atoms with Crippen molar-refractivity contribution < 1.29 is 38.6 Å². The summed E-state index contributed by atoms with van der Waals surface area (Å²) in [6.45, 7) is 11.5. The smallest absolute Gasteiger partial charge is 0.306 e. The number of hydrogen-bond donors (Lipinski definition) is 2. The van der Waals surface area contributed by atoms with Gasteiger partial charge in [-0.1, -0.05) is 54.4 Å². The van der Waals surface area contributed by atoms with Crippen molar-refractivity contribution in [2.45, 2.75) is 104 Å². The molecule has 43 heavy (non-hydrogen) atoms. The number of carbonyl (C=O) groups excluding carboxylic acids is 5. The summed E-state index contributed by atoms with van der Waals surface area (Å²) in [5.41, 5.74) is 0. The molecule has 12 nitrogen and oxygen atoms in total. The molecule has 1 heterocycles. The molecule has 2 N–H and O–H groups in total. The molecule has 0 aromatic carbocycles. The van der Waals surface area contributed by atoms with Crippen molar-refractivity contribution in [1.29, 1.82) is 0 Å². The third-order valence-electron chi connectivity index (χ3n) is 8.20. The second-order valence-electron chi connectivity index (χ2n) is 12.1. The summed E-state index contributed by atoms with van der Waals surface area (Å²) >= 11 is 0. The van der Waals surface area contributed by atoms with Crippen molar-refractivity contribution in [3.05, 3.63) is 12.2 Å². The van der Waals surface area contributed by atoms with Crippen molar-refractivity contribution in [3.63, 3.8) is 0 Å². The highest BCUT2D eigenvalue weighted by Crippen LogP contribution is 2.23. The largest absolute Gasteiger partial charge is 0.481 e. The number of nitrogens with zero attached hydrogens (tertiary/aromatic N) is 3. The Morgan fingerprint density at radius 3 is 1.98 bits per heavy atom. The summed E-state index contributed by atoms with van der Waals surface area (Å²) < 4.78 is 5.51. The van der Waals surface area contributed by atoms with E-state index >= 15 is 0 Å². The number of imide groups is 1. The molecule has 5 amide bonds. The highest BCUT2D eigenvalue weighted by Gasteiger charge is 2.39. The number of likely N-dealkylation sites (N-methyl/N-ethyl adjacent to an activating group) is 2. The van der Waals surface area contributed by atoms with Crippen LogP contribution in [0.1, 0.15) is 80.1 Å². The number of unbranched alkanes of at least 4 members (excludes halogenated alkanes) is 2. The molecule has 0 saturated heterocycles. The van der Waals surface area contributed by atoms with Crippen molar-refractivity contribution in [3.8, 4) is 0 Å². The van der Waals surface area contributed by atoms with Crippen LogP contribution < -0.4 is 5.32 Å². The lowest BCUT2D eigenvalue weighted by atomic mass is 9.90. The van der Waals surface area contributed by atoms with E-state index in [-0.39, 0.29) is 54.2 Å². The molecule has 244 valence electrons. The first-order valence-electron chi connectivity index (χ1n) is 15.2. The van der Waals surface area contributed by atoms with Gasteiger partial charge in [0.15, 0.2) is 0 Å². The Morgan fingerprint density at radius 2 is 1.51 bits per heavy atom. The molecule has 0 saturated carbocycles. The molecule has 1 rings (SSSR count). The normalized spacial score (nSPS) is 16.7. The van der Waals surface area contributed by atoms with Gasteiger partial charge >= 0.3 is 5.97 Å². The maximum atomic E-state index is 13.8. The van der Waals surface area contributed by atoms with Gasteiger partial charge in [-0.3, -0.25) is 33.7 Å². The van der Waals surface area contributed by atoms with Gasteiger partial charge in [0.2, 0.25) is 17.7 Å². The number of hydrogen-bond acceptors (Lipinski definition) is 7. The van der Waals surface area contributed by atoms with Gasteiger partial charge in [-0.05, 0) is 30.6 Å². The first-order valence-corrected chi connectivity index (χ1v) is 15.2. The Bertz CT molecular complexity index is 1010. The number of carboxylic acid groups (broad SMARTS) is 1. The maximum Gasteiger partial charge on any atom is 0.306 e. The zero-order chi connectivity index (χ0) is 33.0. The Balaban J connectivity index is 2.93. The number of carbonyl (C=O) groups is 6. The monoisotopic (exact) mass is 608 g/mol. The van der Waals surface area contributed by atoms with Crippen LogP contribution in [0.5, 0.6) is 0 Å². The molecule has 1 aliphatic rings. The minimum absolute atomic E-state index is 0.0677. The van der Waals surface area contributed by atoms with Crippen molar-refractivity contribution >= 4 is 35.5 Å². The summed E-state index contributed by atoms with van der Waals surface area (Å²) in [5.74, 6) is -3.30. The number of methoxy groups -OCH3 is 1. The molecular formula is C31H52N4O8. The molecule has 0 aliphatic carbocycles. The lowest BCUT2D eigenvalue weighted by Gasteiger charge is -2.40. The number of nitrogens with one attached hydrogen (secondary N) is 1. The molecular weight excluding hydrogens is 556 g/mol. The van der Waals surface area contributed by atoms with Gasteiger partial charge in [-0.15, -0.1) is 0 Å². The molecule has 0 fully saturated rings. The van der Waals surface area contributed by atoms with Crippen LogP contribution in [0.25, 0.3) is 0 Å². The van der Waals surface area contributed by atoms with Crippen LogP contribution in [-0.4, -0.2) is 107 Å². The molecule has 12 heteroatoms. The van der Waals surface area contributed by atoms with E-state index in [0.717, 1.165) is 0 Å². The fourth-order valence-corrected chi connectivity index (χ4v) is 5.50. The Labute approximate surface area is 256 Å². The van der Waals surface area contributed by atoms with Gasteiger partial charge in [0.1, 0.15) is 12.1 Å². The number of ether oxygens (including phenoxy) is 1. The summed E-state index contributed by atoms with van der Waals surface area (Å²) in [5, 5.41) is 12.3. The molecule has 0 aromatic heterocycles. The van der Waals surface area contributed by atoms with Gasteiger partial charge in [0, 0.05) is 46.3 Å². The third-order valence-corrected chi connectivity index (χ3v) is 8.20. The van der Waals surface area contributed by atoms with Crippen molar-refractivity contribution in [2.24, 2.45) is 17.8 Å². The van der Waals surface area contributed by atoms with E-state index in [9.17, 15) is 33.9 Å². The molecule has 5 atom stereocenters. The zero-order valence-electron chi connectivity index (χ0n) is 27.3. The van der Waals surface area contributed by atoms with E-state index in [2.05, 4.69) is 5.32 Å². The minimum atomic E-state index is -1.03. The average Bonchev–Trinajstić information content (AvgIpc) is 3.26. The van der Waals surface area contributed by atoms with E-state index in [1.54, 1.807) is 14.1 Å². The fourth-order valence-electron chi connectivity index (χ4n) is 5.50. The third kappa shape index (κ3) is 10.7. The quantitative estimate of drug-likeness (QED) is 0.168. The van der Waals surface area contributed by atoms with E-state index in [1.165, 1.54) is 34.0 Å². The van der Waals surface area contributed by atoms with E-state index < -0.39 is 36.1 Å². The maximum absolute atomic E-state index is 13.8. The molecule has 0 bridgehead atoms. The highest BCUT2D eigenvalue weighted by molar-refractivity contribution is 6.12. The van der Waals surface area contributed by atoms with Crippen LogP contribution >= 0.6 is 0 Å². The summed E-state index contributed by atoms with van der Waals surface area (Å²) in [6, 6.07) is -2.25. The lowest BCUT2D eigenvalue weighted by molar-refractivity contribution is -0.149. The predicted octanol–water partition coefficient (Wildman–Crippen LogP) is 2.46. The SMILES string of the molecule is CC[C@H](C)[C@@H]([C@@H](CC(=O)O)OC)N(C)C(=O)[C@@H](NC(=O)C(C(C)C)N(C)C(=O)CCCCCN1C(=O)C=CC1=O)C(C)C. The zero-order valence-corrected chi connectivity index (χ0v) is 27.3. The topological polar surface area (TPSA) is 154 Å². The first kappa shape index (κ1) is 37.7. The minimum Gasteiger partial charge on any atom is -0.481 e. The second-order valence-corrected chi connectivity index (χ2v) is 12.1. The summed E-state index contributed by atoms with van der Waals surface area (Å²) in [4.78, 5) is 79.4. The van der Waals surface area contributed by atoms with Crippen molar-refractivity contribution in [2.75, 3.05) is 27.7 Å². The lowest BCUT2D eigenvalue weighted by Crippen LogP contribution is -2.60. The van der Waals surface area contributed by atoms with Gasteiger partial charge in [-0.25, -0.2) is 0 Å². The van der Waals surface area contributed by atoms with E-state index in [1.807, 2.05) is 41.5 Å². The Kier molecular flexibility index (Phi) is 15.6. The number of rotatable bonds is 19. The van der Waals surface area contributed by atoms with Gasteiger partial charge in [0.25, 0.3) is 11.8 Å². The number of aliphatic carboxylic acids is 1. The van der Waals surface area contributed by atoms with Crippen LogP contribution in [0, 0.1) is 17.8 Å². The predicted molar refractivity (Wildman–Crippen MR) is 162 cm³/mol. The van der Waals surface area contributed by atoms with E-state index in [4.69, 9.17) is 4.74 Å².